The topological polar surface area (TPSA) is 58.6 Å². The SMILES string of the molecule is CC1(C)NC(=O)C(C)(C)N(CCCC2CCCO2)C1=O. The molecule has 2 saturated heterocycles. The number of hydrogen-bond donors (Lipinski definition) is 1. The fourth-order valence-electron chi connectivity index (χ4n) is 2.93. The number of nitrogens with one attached hydrogen (secondary N) is 1. The number of nitrogens with zero attached hydrogens (tertiary/aromatic N) is 1. The molecule has 0 saturated carbocycles. The van der Waals surface area contributed by atoms with Crippen LogP contribution in [0.15, 0.2) is 0 Å². The van der Waals surface area contributed by atoms with Crippen LogP contribution in [-0.2, 0) is 14.3 Å². The summed E-state index contributed by atoms with van der Waals surface area (Å²) in [5, 5.41) is 2.80. The first-order chi connectivity index (χ1) is 9.25. The zero-order valence-corrected chi connectivity index (χ0v) is 13.0. The van der Waals surface area contributed by atoms with E-state index in [0.717, 1.165) is 32.3 Å². The van der Waals surface area contributed by atoms with Gasteiger partial charge in [-0.1, -0.05) is 0 Å². The van der Waals surface area contributed by atoms with Gasteiger partial charge in [0.15, 0.2) is 0 Å². The quantitative estimate of drug-likeness (QED) is 0.849. The molecule has 2 aliphatic rings. The Labute approximate surface area is 121 Å². The third kappa shape index (κ3) is 2.82. The maximum atomic E-state index is 12.5. The highest BCUT2D eigenvalue weighted by molar-refractivity contribution is 6.01. The molecule has 20 heavy (non-hydrogen) atoms. The maximum absolute atomic E-state index is 12.5. The van der Waals surface area contributed by atoms with Gasteiger partial charge in [-0.2, -0.15) is 0 Å². The number of amides is 2. The summed E-state index contributed by atoms with van der Waals surface area (Å²) in [6, 6.07) is 0. The van der Waals surface area contributed by atoms with Crippen LogP contribution in [0.2, 0.25) is 0 Å². The molecule has 2 aliphatic heterocycles. The van der Waals surface area contributed by atoms with E-state index in [4.69, 9.17) is 4.74 Å². The summed E-state index contributed by atoms with van der Waals surface area (Å²) in [5.74, 6) is -0.0892. The van der Waals surface area contributed by atoms with Crippen LogP contribution >= 0.6 is 0 Å². The second-order valence-corrected chi connectivity index (χ2v) is 6.87. The summed E-state index contributed by atoms with van der Waals surface area (Å²) in [7, 11) is 0. The molecule has 2 heterocycles. The molecule has 5 heteroatoms. The van der Waals surface area contributed by atoms with Crippen molar-refractivity contribution in [2.75, 3.05) is 13.2 Å². The van der Waals surface area contributed by atoms with E-state index in [-0.39, 0.29) is 11.8 Å². The van der Waals surface area contributed by atoms with Gasteiger partial charge in [0.25, 0.3) is 0 Å². The summed E-state index contributed by atoms with van der Waals surface area (Å²) in [6.45, 7) is 8.60. The van der Waals surface area contributed by atoms with Gasteiger partial charge in [-0.3, -0.25) is 9.59 Å². The van der Waals surface area contributed by atoms with Crippen molar-refractivity contribution in [2.45, 2.75) is 70.6 Å². The van der Waals surface area contributed by atoms with Crippen LogP contribution < -0.4 is 5.32 Å². The molecule has 0 aliphatic carbocycles. The van der Waals surface area contributed by atoms with Gasteiger partial charge in [0.1, 0.15) is 11.1 Å². The number of hydrogen-bond acceptors (Lipinski definition) is 3. The first-order valence-corrected chi connectivity index (χ1v) is 7.51. The van der Waals surface area contributed by atoms with E-state index >= 15 is 0 Å². The van der Waals surface area contributed by atoms with Crippen LogP contribution in [0, 0.1) is 0 Å². The minimum atomic E-state index is -0.809. The highest BCUT2D eigenvalue weighted by Crippen LogP contribution is 2.27. The molecule has 0 bridgehead atoms. The number of rotatable bonds is 4. The Bertz CT molecular complexity index is 398. The summed E-state index contributed by atoms with van der Waals surface area (Å²) in [6.07, 6.45) is 4.42. The van der Waals surface area contributed by atoms with Crippen LogP contribution in [0.25, 0.3) is 0 Å². The predicted octanol–water partition coefficient (Wildman–Crippen LogP) is 1.46. The number of ether oxygens (including phenoxy) is 1. The molecule has 1 N–H and O–H groups in total. The van der Waals surface area contributed by atoms with Gasteiger partial charge < -0.3 is 15.0 Å². The number of carbonyl (C=O) groups excluding carboxylic acids is 2. The molecule has 0 aromatic carbocycles. The molecular weight excluding hydrogens is 256 g/mol. The molecule has 0 aromatic rings. The predicted molar refractivity (Wildman–Crippen MR) is 76.2 cm³/mol. The Hall–Kier alpha value is -1.10. The summed E-state index contributed by atoms with van der Waals surface area (Å²) >= 11 is 0. The van der Waals surface area contributed by atoms with Crippen LogP contribution in [0.1, 0.15) is 53.4 Å². The van der Waals surface area contributed by atoms with Crippen molar-refractivity contribution in [3.8, 4) is 0 Å². The standard InChI is InChI=1S/C15H26N2O3/c1-14(2)13(19)17(15(3,4)12(18)16-14)9-5-7-11-8-6-10-20-11/h11H,5-10H2,1-4H3,(H,16,18). The van der Waals surface area contributed by atoms with E-state index in [2.05, 4.69) is 5.32 Å². The average molecular weight is 282 g/mol. The van der Waals surface area contributed by atoms with Gasteiger partial charge >= 0.3 is 0 Å². The van der Waals surface area contributed by atoms with E-state index in [0.29, 0.717) is 12.6 Å². The van der Waals surface area contributed by atoms with Crippen LogP contribution in [0.4, 0.5) is 0 Å². The normalized spacial score (nSPS) is 28.6. The van der Waals surface area contributed by atoms with E-state index in [9.17, 15) is 9.59 Å². The zero-order valence-electron chi connectivity index (χ0n) is 13.0. The molecule has 1 unspecified atom stereocenters. The third-order valence-electron chi connectivity index (χ3n) is 4.37. The number of carbonyl (C=O) groups is 2. The monoisotopic (exact) mass is 282 g/mol. The lowest BCUT2D eigenvalue weighted by molar-refractivity contribution is -0.159. The van der Waals surface area contributed by atoms with Gasteiger partial charge in [0, 0.05) is 13.2 Å². The Morgan fingerprint density at radius 3 is 2.60 bits per heavy atom. The lowest BCUT2D eigenvalue weighted by atomic mass is 9.89. The molecule has 0 radical (unpaired) electrons. The zero-order chi connectivity index (χ0) is 15.0. The van der Waals surface area contributed by atoms with Crippen LogP contribution in [0.3, 0.4) is 0 Å². The molecule has 0 aromatic heterocycles. The van der Waals surface area contributed by atoms with Gasteiger partial charge in [-0.05, 0) is 53.4 Å². The van der Waals surface area contributed by atoms with Gasteiger partial charge in [-0.25, -0.2) is 0 Å². The fraction of sp³-hybridized carbons (Fsp3) is 0.867. The molecule has 2 rings (SSSR count). The molecule has 2 amide bonds. The molecule has 5 nitrogen and oxygen atoms in total. The fourth-order valence-corrected chi connectivity index (χ4v) is 2.93. The first kappa shape index (κ1) is 15.3. The molecular formula is C15H26N2O3. The summed E-state index contributed by atoms with van der Waals surface area (Å²) in [5.41, 5.74) is -1.58. The number of piperazine rings is 1. The third-order valence-corrected chi connectivity index (χ3v) is 4.37. The second kappa shape index (κ2) is 5.35. The second-order valence-electron chi connectivity index (χ2n) is 6.87. The molecule has 1 atom stereocenters. The van der Waals surface area contributed by atoms with Crippen molar-refractivity contribution < 1.29 is 14.3 Å². The Morgan fingerprint density at radius 1 is 1.30 bits per heavy atom. The lowest BCUT2D eigenvalue weighted by Crippen LogP contribution is -2.72. The van der Waals surface area contributed by atoms with E-state index in [1.807, 2.05) is 13.8 Å². The van der Waals surface area contributed by atoms with Crippen molar-refractivity contribution in [1.82, 2.24) is 10.2 Å². The van der Waals surface area contributed by atoms with E-state index in [1.54, 1.807) is 18.7 Å². The van der Waals surface area contributed by atoms with Gasteiger partial charge in [0.05, 0.1) is 6.10 Å². The van der Waals surface area contributed by atoms with Crippen molar-refractivity contribution in [1.29, 1.82) is 0 Å². The molecule has 0 spiro atoms. The van der Waals surface area contributed by atoms with Crippen molar-refractivity contribution in [2.24, 2.45) is 0 Å². The summed E-state index contributed by atoms with van der Waals surface area (Å²) < 4.78 is 5.60. The Balaban J connectivity index is 1.98. The molecule has 114 valence electrons. The Kier molecular flexibility index (Phi) is 4.09. The first-order valence-electron chi connectivity index (χ1n) is 7.51. The summed E-state index contributed by atoms with van der Waals surface area (Å²) in [4.78, 5) is 26.4. The highest BCUT2D eigenvalue weighted by atomic mass is 16.5. The minimum absolute atomic E-state index is 0.00515. The van der Waals surface area contributed by atoms with Crippen molar-refractivity contribution in [3.63, 3.8) is 0 Å². The smallest absolute Gasteiger partial charge is 0.248 e. The largest absolute Gasteiger partial charge is 0.378 e. The van der Waals surface area contributed by atoms with E-state index in [1.165, 1.54) is 0 Å². The lowest BCUT2D eigenvalue weighted by Gasteiger charge is -2.47. The average Bonchev–Trinajstić information content (AvgIpc) is 2.84. The maximum Gasteiger partial charge on any atom is 0.248 e. The highest BCUT2D eigenvalue weighted by Gasteiger charge is 2.49. The van der Waals surface area contributed by atoms with E-state index < -0.39 is 11.1 Å². The van der Waals surface area contributed by atoms with Crippen LogP contribution in [0.5, 0.6) is 0 Å². The van der Waals surface area contributed by atoms with Crippen LogP contribution in [-0.4, -0.2) is 47.0 Å². The Morgan fingerprint density at radius 2 is 2.00 bits per heavy atom. The van der Waals surface area contributed by atoms with Gasteiger partial charge in [0.2, 0.25) is 11.8 Å². The van der Waals surface area contributed by atoms with Gasteiger partial charge in [-0.15, -0.1) is 0 Å². The van der Waals surface area contributed by atoms with Crippen molar-refractivity contribution in [3.05, 3.63) is 0 Å². The minimum Gasteiger partial charge on any atom is -0.378 e. The molecule has 2 fully saturated rings. The van der Waals surface area contributed by atoms with Crippen molar-refractivity contribution >= 4 is 11.8 Å².